The Labute approximate surface area is 111 Å². The van der Waals surface area contributed by atoms with Crippen LogP contribution in [0.2, 0.25) is 0 Å². The zero-order valence-electron chi connectivity index (χ0n) is 11.3. The zero-order valence-corrected chi connectivity index (χ0v) is 11.3. The largest absolute Gasteiger partial charge is 0.481 e. The minimum absolute atomic E-state index is 0.0162. The first-order valence-corrected chi connectivity index (χ1v) is 5.94. The van der Waals surface area contributed by atoms with E-state index in [1.807, 2.05) is 0 Å². The maximum absolute atomic E-state index is 11.8. The van der Waals surface area contributed by atoms with Gasteiger partial charge in [-0.25, -0.2) is 4.79 Å². The van der Waals surface area contributed by atoms with Crippen molar-refractivity contribution in [3.63, 3.8) is 0 Å². The van der Waals surface area contributed by atoms with Gasteiger partial charge in [0.05, 0.1) is 12.0 Å². The molecule has 1 aliphatic carbocycles. The van der Waals surface area contributed by atoms with Crippen molar-refractivity contribution in [2.45, 2.75) is 12.5 Å². The second kappa shape index (κ2) is 6.21. The molecule has 7 nitrogen and oxygen atoms in total. The van der Waals surface area contributed by atoms with E-state index in [4.69, 9.17) is 5.11 Å². The van der Waals surface area contributed by atoms with E-state index in [-0.39, 0.29) is 18.5 Å². The molecular formula is C12H19N3O4. The van der Waals surface area contributed by atoms with E-state index in [0.29, 0.717) is 6.42 Å². The molecule has 0 heterocycles. The molecule has 0 saturated carbocycles. The number of carbonyl (C=O) groups excluding carboxylic acids is 2. The molecule has 0 radical (unpaired) electrons. The standard InChI is InChI=1S/C12H19N3O4/c1-14(2)10(16)7-15(3)12(19)13-9-5-4-8(6-9)11(17)18/h4-5,8-9H,6-7H2,1-3H3,(H,13,19)(H,17,18). The molecule has 0 saturated heterocycles. The van der Waals surface area contributed by atoms with E-state index < -0.39 is 17.9 Å². The number of nitrogens with zero attached hydrogens (tertiary/aromatic N) is 2. The highest BCUT2D eigenvalue weighted by atomic mass is 16.4. The van der Waals surface area contributed by atoms with Crippen LogP contribution in [0, 0.1) is 5.92 Å². The van der Waals surface area contributed by atoms with Gasteiger partial charge in [0.25, 0.3) is 0 Å². The fraction of sp³-hybridized carbons (Fsp3) is 0.583. The predicted octanol–water partition coefficient (Wildman–Crippen LogP) is -0.255. The van der Waals surface area contributed by atoms with Gasteiger partial charge in [-0.1, -0.05) is 12.2 Å². The summed E-state index contributed by atoms with van der Waals surface area (Å²) in [6, 6.07) is -0.693. The van der Waals surface area contributed by atoms with Crippen LogP contribution in [-0.2, 0) is 9.59 Å². The number of hydrogen-bond donors (Lipinski definition) is 2. The molecule has 0 aromatic heterocycles. The first kappa shape index (κ1) is 15.0. The molecule has 2 atom stereocenters. The first-order chi connectivity index (χ1) is 8.81. The molecule has 0 spiro atoms. The maximum Gasteiger partial charge on any atom is 0.318 e. The van der Waals surface area contributed by atoms with E-state index >= 15 is 0 Å². The number of rotatable bonds is 4. The molecule has 106 valence electrons. The molecule has 7 heteroatoms. The van der Waals surface area contributed by atoms with Crippen molar-refractivity contribution >= 4 is 17.9 Å². The summed E-state index contributed by atoms with van der Waals surface area (Å²) in [5, 5.41) is 11.5. The Hall–Kier alpha value is -2.05. The van der Waals surface area contributed by atoms with Crippen LogP contribution in [0.4, 0.5) is 4.79 Å². The van der Waals surface area contributed by atoms with Crippen molar-refractivity contribution in [3.8, 4) is 0 Å². The highest BCUT2D eigenvalue weighted by Gasteiger charge is 2.26. The number of urea groups is 1. The Kier molecular flexibility index (Phi) is 4.91. The Morgan fingerprint density at radius 3 is 2.37 bits per heavy atom. The van der Waals surface area contributed by atoms with E-state index in [1.165, 1.54) is 16.8 Å². The Morgan fingerprint density at radius 1 is 1.26 bits per heavy atom. The van der Waals surface area contributed by atoms with Crippen LogP contribution in [0.5, 0.6) is 0 Å². The van der Waals surface area contributed by atoms with Gasteiger partial charge in [0.1, 0.15) is 6.54 Å². The Bertz CT molecular complexity index is 406. The lowest BCUT2D eigenvalue weighted by atomic mass is 10.1. The van der Waals surface area contributed by atoms with Gasteiger partial charge in [0.2, 0.25) is 5.91 Å². The number of nitrogens with one attached hydrogen (secondary N) is 1. The summed E-state index contributed by atoms with van der Waals surface area (Å²) in [4.78, 5) is 36.7. The summed E-state index contributed by atoms with van der Waals surface area (Å²) in [6.07, 6.45) is 3.58. The average molecular weight is 269 g/mol. The van der Waals surface area contributed by atoms with Gasteiger partial charge < -0.3 is 20.2 Å². The van der Waals surface area contributed by atoms with Crippen molar-refractivity contribution in [2.24, 2.45) is 5.92 Å². The topological polar surface area (TPSA) is 90.0 Å². The third-order valence-corrected chi connectivity index (χ3v) is 2.93. The fourth-order valence-corrected chi connectivity index (χ4v) is 1.67. The van der Waals surface area contributed by atoms with Crippen LogP contribution in [-0.4, -0.2) is 66.5 Å². The number of carboxylic acids is 1. The van der Waals surface area contributed by atoms with E-state index in [1.54, 1.807) is 26.2 Å². The van der Waals surface area contributed by atoms with E-state index in [2.05, 4.69) is 5.32 Å². The normalized spacial score (nSPS) is 21.0. The summed E-state index contributed by atoms with van der Waals surface area (Å²) in [5.41, 5.74) is 0. The van der Waals surface area contributed by atoms with Gasteiger partial charge in [-0.15, -0.1) is 0 Å². The Balaban J connectivity index is 2.42. The van der Waals surface area contributed by atoms with Crippen molar-refractivity contribution in [2.75, 3.05) is 27.7 Å². The van der Waals surface area contributed by atoms with Gasteiger partial charge in [0, 0.05) is 21.1 Å². The van der Waals surface area contributed by atoms with Gasteiger partial charge in [0.15, 0.2) is 0 Å². The summed E-state index contributed by atoms with van der Waals surface area (Å²) in [6.45, 7) is -0.0162. The van der Waals surface area contributed by atoms with E-state index in [0.717, 1.165) is 0 Å². The molecule has 1 aliphatic rings. The molecule has 0 fully saturated rings. The van der Waals surface area contributed by atoms with Gasteiger partial charge >= 0.3 is 12.0 Å². The van der Waals surface area contributed by atoms with Crippen molar-refractivity contribution < 1.29 is 19.5 Å². The van der Waals surface area contributed by atoms with Gasteiger partial charge in [-0.3, -0.25) is 9.59 Å². The third-order valence-electron chi connectivity index (χ3n) is 2.93. The molecule has 0 aromatic carbocycles. The SMILES string of the molecule is CN(C)C(=O)CN(C)C(=O)NC1C=CC(C(=O)O)C1. The minimum atomic E-state index is -0.899. The highest BCUT2D eigenvalue weighted by Crippen LogP contribution is 2.17. The van der Waals surface area contributed by atoms with Gasteiger partial charge in [-0.05, 0) is 6.42 Å². The number of aliphatic carboxylic acids is 1. The molecule has 3 amide bonds. The minimum Gasteiger partial charge on any atom is -0.481 e. The smallest absolute Gasteiger partial charge is 0.318 e. The van der Waals surface area contributed by atoms with Crippen LogP contribution in [0.25, 0.3) is 0 Å². The maximum atomic E-state index is 11.8. The number of carboxylic acid groups (broad SMARTS) is 1. The summed E-state index contributed by atoms with van der Waals surface area (Å²) in [5.74, 6) is -1.63. The predicted molar refractivity (Wildman–Crippen MR) is 68.5 cm³/mol. The number of carbonyl (C=O) groups is 3. The molecule has 19 heavy (non-hydrogen) atoms. The van der Waals surface area contributed by atoms with Crippen LogP contribution < -0.4 is 5.32 Å². The number of likely N-dealkylation sites (N-methyl/N-ethyl adjacent to an activating group) is 2. The first-order valence-electron chi connectivity index (χ1n) is 5.94. The van der Waals surface area contributed by atoms with Crippen molar-refractivity contribution in [1.29, 1.82) is 0 Å². The monoisotopic (exact) mass is 269 g/mol. The van der Waals surface area contributed by atoms with Crippen LogP contribution in [0.15, 0.2) is 12.2 Å². The van der Waals surface area contributed by atoms with Crippen molar-refractivity contribution in [1.82, 2.24) is 15.1 Å². The molecule has 0 aromatic rings. The quantitative estimate of drug-likeness (QED) is 0.688. The lowest BCUT2D eigenvalue weighted by Gasteiger charge is -2.21. The number of amides is 3. The van der Waals surface area contributed by atoms with Crippen LogP contribution in [0.3, 0.4) is 0 Å². The highest BCUT2D eigenvalue weighted by molar-refractivity contribution is 5.84. The molecular weight excluding hydrogens is 250 g/mol. The lowest BCUT2D eigenvalue weighted by molar-refractivity contribution is -0.140. The molecule has 0 aliphatic heterocycles. The zero-order chi connectivity index (χ0) is 14.6. The van der Waals surface area contributed by atoms with Crippen LogP contribution in [0.1, 0.15) is 6.42 Å². The summed E-state index contributed by atoms with van der Waals surface area (Å²) in [7, 11) is 4.75. The Morgan fingerprint density at radius 2 is 1.89 bits per heavy atom. The van der Waals surface area contributed by atoms with Gasteiger partial charge in [-0.2, -0.15) is 0 Å². The second-order valence-electron chi connectivity index (χ2n) is 4.77. The average Bonchev–Trinajstić information content (AvgIpc) is 2.77. The number of hydrogen-bond acceptors (Lipinski definition) is 3. The van der Waals surface area contributed by atoms with Crippen LogP contribution >= 0.6 is 0 Å². The third kappa shape index (κ3) is 4.27. The molecule has 2 unspecified atom stereocenters. The second-order valence-corrected chi connectivity index (χ2v) is 4.77. The summed E-state index contributed by atoms with van der Waals surface area (Å²) < 4.78 is 0. The lowest BCUT2D eigenvalue weighted by Crippen LogP contribution is -2.45. The van der Waals surface area contributed by atoms with E-state index in [9.17, 15) is 14.4 Å². The fourth-order valence-electron chi connectivity index (χ4n) is 1.67. The molecule has 1 rings (SSSR count). The molecule has 0 bridgehead atoms. The van der Waals surface area contributed by atoms with Crippen molar-refractivity contribution in [3.05, 3.63) is 12.2 Å². The molecule has 2 N–H and O–H groups in total. The summed E-state index contributed by atoms with van der Waals surface area (Å²) >= 11 is 0.